The van der Waals surface area contributed by atoms with E-state index in [1.807, 2.05) is 0 Å². The average molecular weight is 963 g/mol. The van der Waals surface area contributed by atoms with Gasteiger partial charge >= 0.3 is 0 Å². The van der Waals surface area contributed by atoms with Crippen molar-refractivity contribution in [3.05, 3.63) is 262 Å². The normalized spacial score (nSPS) is 13.2. The SMILES string of the molecule is Cc1ccc(C2(c3ccc(N(c4ccc(C(C)(C)C)cc4)c4c5ccccc5c(N(c5ccc(C(C)(C)C)cc5)c5ccc(C(C)(C)C)cc5)c5ccccc45)cc3)c3cc(C)ccc3-c3ccc(C)cc32)cc1. The van der Waals surface area contributed by atoms with Gasteiger partial charge in [-0.25, -0.2) is 0 Å². The Bertz CT molecular complexity index is 3540. The van der Waals surface area contributed by atoms with E-state index in [2.05, 4.69) is 299 Å². The molecule has 1 aliphatic rings. The molecule has 0 N–H and O–H groups in total. The summed E-state index contributed by atoms with van der Waals surface area (Å²) in [6, 6.07) is 78.9. The van der Waals surface area contributed by atoms with Gasteiger partial charge in [-0.15, -0.1) is 0 Å². The predicted octanol–water partition coefficient (Wildman–Crippen LogP) is 20.1. The van der Waals surface area contributed by atoms with Crippen molar-refractivity contribution in [2.24, 2.45) is 0 Å². The molecule has 0 fully saturated rings. The summed E-state index contributed by atoms with van der Waals surface area (Å²) < 4.78 is 0. The van der Waals surface area contributed by atoms with Crippen LogP contribution in [0.3, 0.4) is 0 Å². The van der Waals surface area contributed by atoms with Crippen molar-refractivity contribution in [3.8, 4) is 11.1 Å². The summed E-state index contributed by atoms with van der Waals surface area (Å²) in [5.74, 6) is 0. The first-order chi connectivity index (χ1) is 35.3. The smallest absolute Gasteiger partial charge is 0.0713 e. The van der Waals surface area contributed by atoms with Crippen molar-refractivity contribution < 1.29 is 0 Å². The molecule has 1 aliphatic carbocycles. The zero-order chi connectivity index (χ0) is 51.9. The molecule has 11 rings (SSSR count). The van der Waals surface area contributed by atoms with E-state index in [1.165, 1.54) is 88.3 Å². The highest BCUT2D eigenvalue weighted by molar-refractivity contribution is 6.23. The minimum absolute atomic E-state index is 0.000543. The molecule has 0 heterocycles. The van der Waals surface area contributed by atoms with Gasteiger partial charge in [0.2, 0.25) is 0 Å². The number of rotatable bonds is 8. The Morgan fingerprint density at radius 2 is 0.568 bits per heavy atom. The zero-order valence-electron chi connectivity index (χ0n) is 45.5. The van der Waals surface area contributed by atoms with Gasteiger partial charge in [-0.05, 0) is 136 Å². The van der Waals surface area contributed by atoms with Crippen molar-refractivity contribution >= 4 is 55.7 Å². The Balaban J connectivity index is 1.17. The number of anilines is 6. The van der Waals surface area contributed by atoms with E-state index in [0.717, 1.165) is 34.1 Å². The third kappa shape index (κ3) is 8.30. The van der Waals surface area contributed by atoms with Crippen LogP contribution in [0.15, 0.2) is 206 Å². The van der Waals surface area contributed by atoms with Gasteiger partial charge < -0.3 is 9.80 Å². The lowest BCUT2D eigenvalue weighted by molar-refractivity contribution is 0.590. The van der Waals surface area contributed by atoms with E-state index in [0.29, 0.717) is 0 Å². The van der Waals surface area contributed by atoms with Crippen LogP contribution in [-0.4, -0.2) is 0 Å². The molecule has 2 nitrogen and oxygen atoms in total. The highest BCUT2D eigenvalue weighted by atomic mass is 15.2. The average Bonchev–Trinajstić information content (AvgIpc) is 3.66. The van der Waals surface area contributed by atoms with Gasteiger partial charge in [-0.1, -0.05) is 237 Å². The molecule has 0 atom stereocenters. The molecule has 0 saturated carbocycles. The van der Waals surface area contributed by atoms with Gasteiger partial charge in [0.05, 0.1) is 16.8 Å². The van der Waals surface area contributed by atoms with E-state index < -0.39 is 5.41 Å². The molecular formula is C72H70N2. The molecule has 10 aromatic carbocycles. The summed E-state index contributed by atoms with van der Waals surface area (Å²) >= 11 is 0. The van der Waals surface area contributed by atoms with Crippen LogP contribution in [0.25, 0.3) is 32.7 Å². The number of benzene rings is 10. The molecule has 74 heavy (non-hydrogen) atoms. The van der Waals surface area contributed by atoms with E-state index in [4.69, 9.17) is 0 Å². The predicted molar refractivity (Wildman–Crippen MR) is 318 cm³/mol. The van der Waals surface area contributed by atoms with Crippen molar-refractivity contribution in [3.63, 3.8) is 0 Å². The van der Waals surface area contributed by atoms with Crippen LogP contribution in [0.5, 0.6) is 0 Å². The van der Waals surface area contributed by atoms with Gasteiger partial charge in [0, 0.05) is 44.3 Å². The molecule has 0 bridgehead atoms. The molecule has 368 valence electrons. The van der Waals surface area contributed by atoms with E-state index in [-0.39, 0.29) is 16.2 Å². The number of aryl methyl sites for hydroxylation is 3. The lowest BCUT2D eigenvalue weighted by Gasteiger charge is -2.35. The number of fused-ring (bicyclic) bond motifs is 5. The molecule has 10 aromatic rings. The lowest BCUT2D eigenvalue weighted by atomic mass is 9.67. The number of nitrogens with zero attached hydrogens (tertiary/aromatic N) is 2. The minimum Gasteiger partial charge on any atom is -0.309 e. The first kappa shape index (κ1) is 48.6. The summed E-state index contributed by atoms with van der Waals surface area (Å²) in [5.41, 5.74) is 21.8. The van der Waals surface area contributed by atoms with Gasteiger partial charge in [0.25, 0.3) is 0 Å². The third-order valence-corrected chi connectivity index (χ3v) is 15.8. The molecule has 0 unspecified atom stereocenters. The van der Waals surface area contributed by atoms with Crippen LogP contribution in [0.4, 0.5) is 34.1 Å². The fourth-order valence-electron chi connectivity index (χ4n) is 11.7. The molecule has 2 heteroatoms. The summed E-state index contributed by atoms with van der Waals surface area (Å²) in [6.07, 6.45) is 0. The molecule has 0 saturated heterocycles. The molecule has 0 amide bonds. The Morgan fingerprint density at radius 1 is 0.297 bits per heavy atom. The third-order valence-electron chi connectivity index (χ3n) is 15.8. The first-order valence-corrected chi connectivity index (χ1v) is 26.6. The maximum Gasteiger partial charge on any atom is 0.0713 e. The highest BCUT2D eigenvalue weighted by Gasteiger charge is 2.46. The van der Waals surface area contributed by atoms with Crippen molar-refractivity contribution in [2.45, 2.75) is 105 Å². The number of hydrogen-bond acceptors (Lipinski definition) is 2. The van der Waals surface area contributed by atoms with Crippen molar-refractivity contribution in [1.29, 1.82) is 0 Å². The minimum atomic E-state index is -0.519. The van der Waals surface area contributed by atoms with Crippen LogP contribution in [0, 0.1) is 20.8 Å². The van der Waals surface area contributed by atoms with Crippen LogP contribution < -0.4 is 9.80 Å². The molecule has 0 aliphatic heterocycles. The van der Waals surface area contributed by atoms with E-state index in [9.17, 15) is 0 Å². The zero-order valence-corrected chi connectivity index (χ0v) is 45.5. The first-order valence-electron chi connectivity index (χ1n) is 26.6. The van der Waals surface area contributed by atoms with Crippen LogP contribution in [0.2, 0.25) is 0 Å². The Morgan fingerprint density at radius 3 is 0.865 bits per heavy atom. The van der Waals surface area contributed by atoms with Gasteiger partial charge in [-0.3, -0.25) is 0 Å². The Kier molecular flexibility index (Phi) is 11.9. The van der Waals surface area contributed by atoms with E-state index >= 15 is 0 Å². The van der Waals surface area contributed by atoms with Crippen molar-refractivity contribution in [1.82, 2.24) is 0 Å². The largest absolute Gasteiger partial charge is 0.309 e. The highest BCUT2D eigenvalue weighted by Crippen LogP contribution is 2.58. The summed E-state index contributed by atoms with van der Waals surface area (Å²) in [7, 11) is 0. The Labute approximate surface area is 441 Å². The topological polar surface area (TPSA) is 6.48 Å². The molecule has 0 radical (unpaired) electrons. The Hall–Kier alpha value is -7.68. The lowest BCUT2D eigenvalue weighted by Crippen LogP contribution is -2.29. The number of hydrogen-bond donors (Lipinski definition) is 0. The second kappa shape index (κ2) is 18.1. The maximum atomic E-state index is 2.52. The summed E-state index contributed by atoms with van der Waals surface area (Å²) in [5, 5.41) is 4.70. The fourth-order valence-corrected chi connectivity index (χ4v) is 11.7. The standard InChI is InChI=1S/C72H70N2/c1-47-21-25-53(26-22-47)72(65-45-48(2)23-43-59(65)60-44-24-49(3)46-66(60)72)54-33-41-58(42-34-54)74(57-39-31-52(32-40-57)71(10,11)12)68-63-19-15-13-17-61(63)67(62-18-14-16-20-64(62)68)73(55-35-27-50(28-36-55)69(4,5)6)56-37-29-51(30-38-56)70(7,8)9/h13-46H,1-12H3. The second-order valence-electron chi connectivity index (χ2n) is 24.1. The van der Waals surface area contributed by atoms with Gasteiger partial charge in [0.15, 0.2) is 0 Å². The van der Waals surface area contributed by atoms with Crippen molar-refractivity contribution in [2.75, 3.05) is 9.80 Å². The van der Waals surface area contributed by atoms with Crippen LogP contribution in [0.1, 0.15) is 118 Å². The fraction of sp³-hybridized carbons (Fsp3) is 0.222. The summed E-state index contributed by atoms with van der Waals surface area (Å²) in [6.45, 7) is 27.3. The monoisotopic (exact) mass is 963 g/mol. The van der Waals surface area contributed by atoms with Gasteiger partial charge in [0.1, 0.15) is 0 Å². The second-order valence-corrected chi connectivity index (χ2v) is 24.1. The molecular weight excluding hydrogens is 893 g/mol. The van der Waals surface area contributed by atoms with E-state index in [1.54, 1.807) is 0 Å². The quantitative estimate of drug-likeness (QED) is 0.111. The molecule has 0 spiro atoms. The maximum absolute atomic E-state index is 2.52. The van der Waals surface area contributed by atoms with Crippen LogP contribution in [-0.2, 0) is 21.7 Å². The van der Waals surface area contributed by atoms with Crippen LogP contribution >= 0.6 is 0 Å². The van der Waals surface area contributed by atoms with Gasteiger partial charge in [-0.2, -0.15) is 0 Å². The molecule has 0 aromatic heterocycles. The summed E-state index contributed by atoms with van der Waals surface area (Å²) in [4.78, 5) is 5.02.